The minimum atomic E-state index is -0.721. The van der Waals surface area contributed by atoms with E-state index in [9.17, 15) is 19.5 Å². The van der Waals surface area contributed by atoms with Gasteiger partial charge in [-0.2, -0.15) is 0 Å². The van der Waals surface area contributed by atoms with Crippen LogP contribution < -0.4 is 4.90 Å². The summed E-state index contributed by atoms with van der Waals surface area (Å²) in [5.74, 6) is -1.39. The molecular weight excluding hydrogens is 614 g/mol. The van der Waals surface area contributed by atoms with Crippen LogP contribution in [0.1, 0.15) is 39.0 Å². The number of hydrogen-bond acceptors (Lipinski definition) is 5. The summed E-state index contributed by atoms with van der Waals surface area (Å²) in [4.78, 5) is 48.2. The number of fused-ring (bicyclic) bond motifs is 1. The first-order chi connectivity index (χ1) is 19.2. The number of likely N-dealkylation sites (tertiary alicyclic amines) is 1. The second-order valence-corrected chi connectivity index (χ2v) is 13.9. The number of carbonyl (C=O) groups is 3. The van der Waals surface area contributed by atoms with E-state index in [1.54, 1.807) is 62.9 Å². The minimum Gasteiger partial charge on any atom is -0.396 e. The predicted octanol–water partition coefficient (Wildman–Crippen LogP) is 4.91. The van der Waals surface area contributed by atoms with E-state index in [0.717, 1.165) is 12.8 Å². The third kappa shape index (κ3) is 5.63. The number of halogens is 2. The number of unbranched alkanes of at least 4 members (excludes halogenated alkanes) is 2. The quantitative estimate of drug-likeness (QED) is 0.176. The van der Waals surface area contributed by atoms with Crippen LogP contribution in [0.15, 0.2) is 49.6 Å². The highest BCUT2D eigenvalue weighted by Crippen LogP contribution is 2.68. The zero-order valence-electron chi connectivity index (χ0n) is 23.0. The summed E-state index contributed by atoms with van der Waals surface area (Å²) in [5, 5.41) is 9.76. The SMILES string of the molecule is C=CCN(CCC)C(=O)[C@H]1[C@H]2C(=O)N(CCCCCO)C(C(=O)N(CC=C)c3ccc(Cl)cc3)C23CC(Br)[C@@H]1S3. The Kier molecular flexibility index (Phi) is 10.5. The molecule has 3 fully saturated rings. The first-order valence-corrected chi connectivity index (χ1v) is 16.2. The highest BCUT2D eigenvalue weighted by molar-refractivity contribution is 9.09. The third-order valence-electron chi connectivity index (χ3n) is 8.24. The molecule has 40 heavy (non-hydrogen) atoms. The first kappa shape index (κ1) is 31.1. The van der Waals surface area contributed by atoms with Crippen LogP contribution in [0, 0.1) is 11.8 Å². The van der Waals surface area contributed by atoms with Crippen molar-refractivity contribution in [3.63, 3.8) is 0 Å². The second-order valence-electron chi connectivity index (χ2n) is 10.8. The summed E-state index contributed by atoms with van der Waals surface area (Å²) in [6.07, 6.45) is 6.90. The van der Waals surface area contributed by atoms with Crippen LogP contribution in [0.3, 0.4) is 0 Å². The van der Waals surface area contributed by atoms with Crippen LogP contribution >= 0.6 is 39.3 Å². The van der Waals surface area contributed by atoms with E-state index in [1.807, 2.05) is 6.92 Å². The van der Waals surface area contributed by atoms with Crippen LogP contribution in [0.4, 0.5) is 5.69 Å². The molecule has 1 N–H and O–H groups in total. The Labute approximate surface area is 255 Å². The van der Waals surface area contributed by atoms with E-state index in [2.05, 4.69) is 29.1 Å². The van der Waals surface area contributed by atoms with Crippen LogP contribution in [-0.2, 0) is 14.4 Å². The molecule has 3 aliphatic rings. The third-order valence-corrected chi connectivity index (χ3v) is 11.7. The molecule has 2 bridgehead atoms. The fraction of sp³-hybridized carbons (Fsp3) is 0.567. The van der Waals surface area contributed by atoms with Gasteiger partial charge in [0.05, 0.1) is 16.6 Å². The summed E-state index contributed by atoms with van der Waals surface area (Å²) in [6.45, 7) is 11.5. The summed E-state index contributed by atoms with van der Waals surface area (Å²) >= 11 is 11.6. The van der Waals surface area contributed by atoms with Crippen molar-refractivity contribution in [3.05, 3.63) is 54.6 Å². The predicted molar refractivity (Wildman–Crippen MR) is 166 cm³/mol. The number of amides is 3. The topological polar surface area (TPSA) is 81.2 Å². The summed E-state index contributed by atoms with van der Waals surface area (Å²) in [6, 6.07) is 6.38. The first-order valence-electron chi connectivity index (χ1n) is 14.1. The molecular formula is C30H39BrClN3O4S. The zero-order chi connectivity index (χ0) is 29.0. The van der Waals surface area contributed by atoms with Gasteiger partial charge >= 0.3 is 0 Å². The van der Waals surface area contributed by atoms with E-state index in [0.29, 0.717) is 49.6 Å². The Morgan fingerprint density at radius 1 is 1.18 bits per heavy atom. The van der Waals surface area contributed by atoms with Crippen molar-refractivity contribution >= 4 is 62.7 Å². The van der Waals surface area contributed by atoms with Crippen LogP contribution in [-0.4, -0.2) is 86.3 Å². The molecule has 218 valence electrons. The summed E-state index contributed by atoms with van der Waals surface area (Å²) < 4.78 is -0.720. The van der Waals surface area contributed by atoms with Crippen LogP contribution in [0.5, 0.6) is 0 Å². The van der Waals surface area contributed by atoms with E-state index < -0.39 is 22.6 Å². The molecule has 1 spiro atoms. The largest absolute Gasteiger partial charge is 0.396 e. The van der Waals surface area contributed by atoms with Gasteiger partial charge in [0, 0.05) is 53.6 Å². The van der Waals surface area contributed by atoms with Gasteiger partial charge in [-0.3, -0.25) is 14.4 Å². The molecule has 3 saturated heterocycles. The lowest BCUT2D eigenvalue weighted by Crippen LogP contribution is -2.56. The molecule has 3 heterocycles. The van der Waals surface area contributed by atoms with Crippen LogP contribution in [0.25, 0.3) is 0 Å². The number of aliphatic hydroxyl groups is 1. The van der Waals surface area contributed by atoms with Gasteiger partial charge in [-0.15, -0.1) is 24.9 Å². The molecule has 0 aliphatic carbocycles. The van der Waals surface area contributed by atoms with Gasteiger partial charge in [0.15, 0.2) is 0 Å². The molecule has 3 unspecified atom stereocenters. The molecule has 0 aromatic heterocycles. The van der Waals surface area contributed by atoms with Gasteiger partial charge in [-0.05, 0) is 56.4 Å². The average molecular weight is 653 g/mol. The Morgan fingerprint density at radius 3 is 2.50 bits per heavy atom. The molecule has 3 amide bonds. The second kappa shape index (κ2) is 13.4. The zero-order valence-corrected chi connectivity index (χ0v) is 26.2. The lowest BCUT2D eigenvalue weighted by Gasteiger charge is -2.38. The van der Waals surface area contributed by atoms with E-state index >= 15 is 0 Å². The lowest BCUT2D eigenvalue weighted by atomic mass is 9.70. The molecule has 6 atom stereocenters. The summed E-state index contributed by atoms with van der Waals surface area (Å²) in [5.41, 5.74) is 0.683. The molecule has 1 aromatic carbocycles. The van der Waals surface area contributed by atoms with Gasteiger partial charge in [0.25, 0.3) is 5.91 Å². The highest BCUT2D eigenvalue weighted by atomic mass is 79.9. The molecule has 10 heteroatoms. The molecule has 7 nitrogen and oxygen atoms in total. The average Bonchev–Trinajstić information content (AvgIpc) is 3.53. The normalized spacial score (nSPS) is 28.4. The minimum absolute atomic E-state index is 0.00994. The van der Waals surface area contributed by atoms with Gasteiger partial charge in [0.1, 0.15) is 6.04 Å². The van der Waals surface area contributed by atoms with Crippen molar-refractivity contribution < 1.29 is 19.5 Å². The number of carbonyl (C=O) groups excluding carboxylic acids is 3. The summed E-state index contributed by atoms with van der Waals surface area (Å²) in [7, 11) is 0. The van der Waals surface area contributed by atoms with E-state index in [4.69, 9.17) is 11.6 Å². The number of thioether (sulfide) groups is 1. The van der Waals surface area contributed by atoms with Crippen molar-refractivity contribution in [2.24, 2.45) is 11.8 Å². The van der Waals surface area contributed by atoms with Crippen molar-refractivity contribution in [2.75, 3.05) is 37.7 Å². The lowest BCUT2D eigenvalue weighted by molar-refractivity contribution is -0.143. The maximum absolute atomic E-state index is 14.6. The smallest absolute Gasteiger partial charge is 0.251 e. The molecule has 0 saturated carbocycles. The highest BCUT2D eigenvalue weighted by Gasteiger charge is 2.76. The standard InChI is InChI=1S/C30H39BrClN3O4S/c1-4-14-33(15-5-2)27(37)23-24-28(38)35(17-8-7-9-18-36)26(30(24)19-22(31)25(23)40-30)29(39)34(16-6-3)21-12-10-20(32)11-13-21/h4,6,10-13,22-26,36H,1,3,5,7-9,14-19H2,2H3/t22?,23-,24-,25-,26?,30?/m0/s1. The number of alkyl halides is 1. The van der Waals surface area contributed by atoms with E-state index in [-0.39, 0.29) is 41.0 Å². The van der Waals surface area contributed by atoms with Gasteiger partial charge in [-0.25, -0.2) is 0 Å². The number of anilines is 1. The molecule has 0 radical (unpaired) electrons. The Balaban J connectivity index is 1.76. The number of hydrogen-bond donors (Lipinski definition) is 1. The number of aliphatic hydroxyl groups excluding tert-OH is 1. The van der Waals surface area contributed by atoms with Crippen molar-refractivity contribution in [1.29, 1.82) is 0 Å². The Hall–Kier alpha value is -1.81. The van der Waals surface area contributed by atoms with Gasteiger partial charge < -0.3 is 19.8 Å². The van der Waals surface area contributed by atoms with Crippen LogP contribution in [0.2, 0.25) is 5.02 Å². The number of benzene rings is 1. The Morgan fingerprint density at radius 2 is 1.88 bits per heavy atom. The van der Waals surface area contributed by atoms with Crippen molar-refractivity contribution in [2.45, 2.75) is 59.9 Å². The monoisotopic (exact) mass is 651 g/mol. The molecule has 3 aliphatic heterocycles. The fourth-order valence-electron chi connectivity index (χ4n) is 6.65. The maximum Gasteiger partial charge on any atom is 0.251 e. The van der Waals surface area contributed by atoms with E-state index in [1.165, 1.54) is 0 Å². The van der Waals surface area contributed by atoms with Crippen molar-refractivity contribution in [1.82, 2.24) is 9.80 Å². The molecule has 1 aromatic rings. The number of rotatable bonds is 14. The van der Waals surface area contributed by atoms with Crippen molar-refractivity contribution in [3.8, 4) is 0 Å². The Bertz CT molecular complexity index is 1120. The number of nitrogens with zero attached hydrogens (tertiary/aromatic N) is 3. The van der Waals surface area contributed by atoms with Gasteiger partial charge in [0.2, 0.25) is 11.8 Å². The maximum atomic E-state index is 14.6. The fourth-order valence-corrected chi connectivity index (χ4v) is 10.4. The van der Waals surface area contributed by atoms with Gasteiger partial charge in [-0.1, -0.05) is 46.6 Å². The molecule has 4 rings (SSSR count).